The molecule has 1 fully saturated rings. The second kappa shape index (κ2) is 6.53. The van der Waals surface area contributed by atoms with E-state index in [2.05, 4.69) is 40.1 Å². The van der Waals surface area contributed by atoms with E-state index in [1.165, 1.54) is 0 Å². The van der Waals surface area contributed by atoms with Crippen molar-refractivity contribution in [3.63, 3.8) is 0 Å². The first-order valence-corrected chi connectivity index (χ1v) is 9.30. The number of nitrogens with zero attached hydrogens (tertiary/aromatic N) is 2. The smallest absolute Gasteiger partial charge is 0.192 e. The van der Waals surface area contributed by atoms with Gasteiger partial charge >= 0.3 is 0 Å². The van der Waals surface area contributed by atoms with Crippen LogP contribution >= 0.6 is 11.3 Å². The number of ether oxygens (including phenoxy) is 1. The van der Waals surface area contributed by atoms with E-state index in [0.29, 0.717) is 0 Å². The Morgan fingerprint density at radius 3 is 2.83 bits per heavy atom. The van der Waals surface area contributed by atoms with Gasteiger partial charge in [0.15, 0.2) is 5.96 Å². The van der Waals surface area contributed by atoms with Crippen LogP contribution in [-0.4, -0.2) is 36.2 Å². The van der Waals surface area contributed by atoms with Crippen molar-refractivity contribution < 1.29 is 4.74 Å². The van der Waals surface area contributed by atoms with Crippen LogP contribution in [0.1, 0.15) is 30.8 Å². The zero-order valence-corrected chi connectivity index (χ0v) is 14.6. The van der Waals surface area contributed by atoms with Gasteiger partial charge in [0.2, 0.25) is 0 Å². The minimum absolute atomic E-state index is 0.0956. The predicted octanol–water partition coefficient (Wildman–Crippen LogP) is 2.97. The maximum absolute atomic E-state index is 5.47. The molecule has 24 heavy (non-hydrogen) atoms. The van der Waals surface area contributed by atoms with Gasteiger partial charge in [-0.25, -0.2) is 4.98 Å². The predicted molar refractivity (Wildman–Crippen MR) is 97.3 cm³/mol. The van der Waals surface area contributed by atoms with E-state index in [0.717, 1.165) is 54.8 Å². The van der Waals surface area contributed by atoms with Crippen molar-refractivity contribution in [2.24, 2.45) is 4.99 Å². The summed E-state index contributed by atoms with van der Waals surface area (Å²) in [6, 6.07) is 10.4. The number of aromatic nitrogens is 1. The number of guanidine groups is 1. The van der Waals surface area contributed by atoms with E-state index in [1.54, 1.807) is 11.3 Å². The maximum atomic E-state index is 5.47. The van der Waals surface area contributed by atoms with Crippen molar-refractivity contribution >= 4 is 17.3 Å². The largest absolute Gasteiger partial charge is 0.381 e. The van der Waals surface area contributed by atoms with Gasteiger partial charge in [0.1, 0.15) is 5.01 Å². The monoisotopic (exact) mass is 342 g/mol. The van der Waals surface area contributed by atoms with E-state index in [9.17, 15) is 0 Å². The van der Waals surface area contributed by atoms with E-state index in [-0.39, 0.29) is 11.6 Å². The van der Waals surface area contributed by atoms with E-state index >= 15 is 0 Å². The maximum Gasteiger partial charge on any atom is 0.192 e. The first-order valence-electron chi connectivity index (χ1n) is 8.42. The summed E-state index contributed by atoms with van der Waals surface area (Å²) in [6.45, 7) is 4.60. The molecular weight excluding hydrogens is 320 g/mol. The van der Waals surface area contributed by atoms with E-state index in [4.69, 9.17) is 9.72 Å². The van der Waals surface area contributed by atoms with Crippen LogP contribution in [0.3, 0.4) is 0 Å². The van der Waals surface area contributed by atoms with Crippen LogP contribution in [0.25, 0.3) is 11.3 Å². The summed E-state index contributed by atoms with van der Waals surface area (Å²) in [5.41, 5.74) is 2.29. The molecule has 5 nitrogen and oxygen atoms in total. The Bertz CT molecular complexity index is 722. The lowest BCUT2D eigenvalue weighted by Crippen LogP contribution is -2.52. The molecule has 0 aliphatic carbocycles. The molecule has 0 radical (unpaired) electrons. The molecule has 126 valence electrons. The van der Waals surface area contributed by atoms with Gasteiger partial charge in [0, 0.05) is 24.2 Å². The Hall–Kier alpha value is -1.92. The number of aliphatic imine (C=N–C) groups is 1. The summed E-state index contributed by atoms with van der Waals surface area (Å²) < 4.78 is 5.47. The lowest BCUT2D eigenvalue weighted by atomic mass is 9.91. The number of rotatable bonds is 3. The normalized spacial score (nSPS) is 20.5. The summed E-state index contributed by atoms with van der Waals surface area (Å²) in [4.78, 5) is 9.44. The number of benzene rings is 1. The molecule has 1 aromatic carbocycles. The summed E-state index contributed by atoms with van der Waals surface area (Å²) in [6.07, 6.45) is 2.04. The van der Waals surface area contributed by atoms with Crippen LogP contribution in [0.15, 0.2) is 40.7 Å². The fraction of sp³-hybridized carbons (Fsp3) is 0.444. The van der Waals surface area contributed by atoms with Crippen molar-refractivity contribution in [1.29, 1.82) is 0 Å². The van der Waals surface area contributed by atoms with Crippen molar-refractivity contribution in [3.05, 3.63) is 40.7 Å². The highest BCUT2D eigenvalue weighted by atomic mass is 32.1. The van der Waals surface area contributed by atoms with Gasteiger partial charge in [-0.1, -0.05) is 30.3 Å². The third kappa shape index (κ3) is 3.16. The zero-order valence-electron chi connectivity index (χ0n) is 13.8. The molecule has 1 aromatic heterocycles. The lowest BCUT2D eigenvalue weighted by molar-refractivity contribution is 0.0519. The summed E-state index contributed by atoms with van der Waals surface area (Å²) in [5.74, 6) is 0.890. The Labute approximate surface area is 146 Å². The third-order valence-corrected chi connectivity index (χ3v) is 5.72. The molecule has 2 N–H and O–H groups in total. The highest BCUT2D eigenvalue weighted by Crippen LogP contribution is 2.27. The molecule has 0 saturated carbocycles. The van der Waals surface area contributed by atoms with E-state index in [1.807, 2.05) is 18.2 Å². The average Bonchev–Trinajstić information content (AvgIpc) is 3.25. The molecular formula is C18H22N4OS. The first-order chi connectivity index (χ1) is 11.7. The molecule has 0 amide bonds. The van der Waals surface area contributed by atoms with Crippen LogP contribution in [0.2, 0.25) is 0 Å². The second-order valence-electron chi connectivity index (χ2n) is 6.49. The number of nitrogens with one attached hydrogen (secondary N) is 2. The SMILES string of the molecule is CC(NC1=NCC2(CCOCC2)N1)c1nc(-c2ccccc2)cs1. The lowest BCUT2D eigenvalue weighted by Gasteiger charge is -2.33. The molecule has 2 aliphatic rings. The topological polar surface area (TPSA) is 58.5 Å². The fourth-order valence-electron chi connectivity index (χ4n) is 3.18. The van der Waals surface area contributed by atoms with Crippen LogP contribution in [0.5, 0.6) is 0 Å². The van der Waals surface area contributed by atoms with Crippen molar-refractivity contribution in [2.45, 2.75) is 31.3 Å². The number of hydrogen-bond acceptors (Lipinski definition) is 6. The van der Waals surface area contributed by atoms with Gasteiger partial charge in [0.05, 0.1) is 23.8 Å². The molecule has 0 bridgehead atoms. The standard InChI is InChI=1S/C18H22N4OS/c1-13(16-21-15(11-24-16)14-5-3-2-4-6-14)20-17-19-12-18(22-17)7-9-23-10-8-18/h2-6,11,13H,7-10,12H2,1H3,(H2,19,20,22). The van der Waals surface area contributed by atoms with Gasteiger partial charge < -0.3 is 15.4 Å². The van der Waals surface area contributed by atoms with Crippen molar-refractivity contribution in [3.8, 4) is 11.3 Å². The van der Waals surface area contributed by atoms with Gasteiger partial charge in [-0.2, -0.15) is 0 Å². The Morgan fingerprint density at radius 1 is 1.25 bits per heavy atom. The van der Waals surface area contributed by atoms with Gasteiger partial charge in [0.25, 0.3) is 0 Å². The molecule has 2 aliphatic heterocycles. The van der Waals surface area contributed by atoms with Gasteiger partial charge in [-0.15, -0.1) is 11.3 Å². The Kier molecular flexibility index (Phi) is 4.24. The molecule has 1 saturated heterocycles. The fourth-order valence-corrected chi connectivity index (χ4v) is 4.02. The Balaban J connectivity index is 1.40. The summed E-state index contributed by atoms with van der Waals surface area (Å²) in [7, 11) is 0. The summed E-state index contributed by atoms with van der Waals surface area (Å²) >= 11 is 1.69. The molecule has 1 spiro atoms. The Morgan fingerprint density at radius 2 is 2.04 bits per heavy atom. The summed E-state index contributed by atoms with van der Waals surface area (Å²) in [5, 5.41) is 10.3. The van der Waals surface area contributed by atoms with E-state index < -0.39 is 0 Å². The van der Waals surface area contributed by atoms with Crippen molar-refractivity contribution in [2.75, 3.05) is 19.8 Å². The minimum Gasteiger partial charge on any atom is -0.381 e. The van der Waals surface area contributed by atoms with Crippen LogP contribution in [0, 0.1) is 0 Å². The highest BCUT2D eigenvalue weighted by Gasteiger charge is 2.37. The van der Waals surface area contributed by atoms with Crippen LogP contribution in [-0.2, 0) is 4.74 Å². The molecule has 3 heterocycles. The van der Waals surface area contributed by atoms with Crippen LogP contribution < -0.4 is 10.6 Å². The van der Waals surface area contributed by atoms with Gasteiger partial charge in [-0.3, -0.25) is 4.99 Å². The molecule has 1 unspecified atom stereocenters. The first kappa shape index (κ1) is 15.6. The molecule has 2 aromatic rings. The molecule has 4 rings (SSSR count). The highest BCUT2D eigenvalue weighted by molar-refractivity contribution is 7.10. The molecule has 1 atom stereocenters. The molecule has 6 heteroatoms. The second-order valence-corrected chi connectivity index (χ2v) is 7.38. The zero-order chi connectivity index (χ0) is 16.4. The van der Waals surface area contributed by atoms with Crippen molar-refractivity contribution in [1.82, 2.24) is 15.6 Å². The average molecular weight is 342 g/mol. The third-order valence-electron chi connectivity index (χ3n) is 4.69. The minimum atomic E-state index is 0.0956. The van der Waals surface area contributed by atoms with Crippen LogP contribution in [0.4, 0.5) is 0 Å². The number of hydrogen-bond donors (Lipinski definition) is 2. The quantitative estimate of drug-likeness (QED) is 0.900. The van der Waals surface area contributed by atoms with Gasteiger partial charge in [-0.05, 0) is 19.8 Å². The number of thiazole rings is 1.